The van der Waals surface area contributed by atoms with E-state index in [-0.39, 0.29) is 5.69 Å². The molecule has 1 rings (SSSR count). The Hall–Kier alpha value is -2.02. The molecule has 0 aliphatic rings. The Labute approximate surface area is 109 Å². The predicted molar refractivity (Wildman–Crippen MR) is 69.2 cm³/mol. The number of carbonyl (C=O) groups is 1. The molecule has 1 amide bonds. The number of carbonyl (C=O) groups excluding carboxylic acids is 1. The molecule has 0 fully saturated rings. The molecule has 19 heavy (non-hydrogen) atoms. The first-order chi connectivity index (χ1) is 8.84. The summed E-state index contributed by atoms with van der Waals surface area (Å²) in [5.74, 6) is -1.26. The minimum absolute atomic E-state index is 0.0619. The zero-order valence-electron chi connectivity index (χ0n) is 10.8. The van der Waals surface area contributed by atoms with E-state index in [1.165, 1.54) is 0 Å². The number of amides is 1. The highest BCUT2D eigenvalue weighted by Gasteiger charge is 2.31. The largest absolute Gasteiger partial charge is 0.319 e. The molecule has 0 aliphatic carbocycles. The van der Waals surface area contributed by atoms with Gasteiger partial charge in [-0.3, -0.25) is 14.9 Å². The van der Waals surface area contributed by atoms with Crippen molar-refractivity contribution in [3.63, 3.8) is 0 Å². The van der Waals surface area contributed by atoms with E-state index in [1.54, 1.807) is 13.8 Å². The van der Waals surface area contributed by atoms with Gasteiger partial charge >= 0.3 is 0 Å². The van der Waals surface area contributed by atoms with Crippen molar-refractivity contribution >= 4 is 17.3 Å². The van der Waals surface area contributed by atoms with Gasteiger partial charge in [-0.15, -0.1) is 0 Å². The molecule has 0 aliphatic heterocycles. The van der Waals surface area contributed by atoms with Crippen LogP contribution in [0.2, 0.25) is 0 Å². The highest BCUT2D eigenvalue weighted by molar-refractivity contribution is 5.99. The van der Waals surface area contributed by atoms with Crippen LogP contribution in [0.15, 0.2) is 18.2 Å². The van der Waals surface area contributed by atoms with Gasteiger partial charge in [0, 0.05) is 0 Å². The Morgan fingerprint density at radius 2 is 2.05 bits per heavy atom. The molecule has 0 saturated carbocycles. The minimum Gasteiger partial charge on any atom is -0.319 e. The van der Waals surface area contributed by atoms with Crippen LogP contribution in [0.1, 0.15) is 26.7 Å². The number of nitro benzene ring substituents is 1. The van der Waals surface area contributed by atoms with Crippen LogP contribution in [0, 0.1) is 15.9 Å². The normalized spacial score (nSPS) is 11.2. The number of hydrogen-bond acceptors (Lipinski definition) is 4. The first-order valence-corrected chi connectivity index (χ1v) is 5.88. The van der Waals surface area contributed by atoms with Gasteiger partial charge in [0.25, 0.3) is 5.69 Å². The van der Waals surface area contributed by atoms with Gasteiger partial charge < -0.3 is 11.1 Å². The van der Waals surface area contributed by atoms with Gasteiger partial charge in [0.15, 0.2) is 0 Å². The van der Waals surface area contributed by atoms with E-state index in [0.29, 0.717) is 12.8 Å². The summed E-state index contributed by atoms with van der Waals surface area (Å²) in [5.41, 5.74) is 4.23. The molecule has 1 aromatic rings. The van der Waals surface area contributed by atoms with Crippen molar-refractivity contribution in [2.24, 2.45) is 5.73 Å². The molecule has 0 heterocycles. The number of rotatable bonds is 5. The number of nitrogens with two attached hydrogens (primary N) is 1. The lowest BCUT2D eigenvalue weighted by Crippen LogP contribution is -2.50. The summed E-state index contributed by atoms with van der Waals surface area (Å²) in [4.78, 5) is 22.0. The summed E-state index contributed by atoms with van der Waals surface area (Å²) in [6.07, 6.45) is 0.786. The number of nitrogens with zero attached hydrogens (tertiary/aromatic N) is 1. The molecule has 1 aromatic carbocycles. The van der Waals surface area contributed by atoms with Crippen molar-refractivity contribution in [3.05, 3.63) is 34.1 Å². The van der Waals surface area contributed by atoms with Crippen molar-refractivity contribution in [1.29, 1.82) is 0 Å². The summed E-state index contributed by atoms with van der Waals surface area (Å²) in [6, 6.07) is 2.95. The Morgan fingerprint density at radius 3 is 2.53 bits per heavy atom. The second-order valence-electron chi connectivity index (χ2n) is 4.24. The quantitative estimate of drug-likeness (QED) is 0.632. The van der Waals surface area contributed by atoms with Crippen LogP contribution in [0.3, 0.4) is 0 Å². The van der Waals surface area contributed by atoms with Crippen LogP contribution >= 0.6 is 0 Å². The molecule has 0 bridgehead atoms. The monoisotopic (exact) mass is 269 g/mol. The summed E-state index contributed by atoms with van der Waals surface area (Å²) in [7, 11) is 0. The molecule has 0 saturated heterocycles. The second-order valence-corrected chi connectivity index (χ2v) is 4.24. The third kappa shape index (κ3) is 3.25. The summed E-state index contributed by atoms with van der Waals surface area (Å²) < 4.78 is 13.0. The van der Waals surface area contributed by atoms with Gasteiger partial charge in [0.2, 0.25) is 5.91 Å². The topological polar surface area (TPSA) is 98.3 Å². The molecule has 0 radical (unpaired) electrons. The number of halogens is 1. The third-order valence-electron chi connectivity index (χ3n) is 3.12. The van der Waals surface area contributed by atoms with Gasteiger partial charge in [0.1, 0.15) is 11.5 Å². The van der Waals surface area contributed by atoms with Crippen LogP contribution in [-0.4, -0.2) is 16.4 Å². The van der Waals surface area contributed by atoms with Crippen molar-refractivity contribution in [1.82, 2.24) is 0 Å². The molecule has 7 heteroatoms. The molecular weight excluding hydrogens is 253 g/mol. The number of anilines is 1. The van der Waals surface area contributed by atoms with E-state index in [9.17, 15) is 19.3 Å². The average Bonchev–Trinajstić information content (AvgIpc) is 2.39. The fourth-order valence-corrected chi connectivity index (χ4v) is 1.58. The second kappa shape index (κ2) is 5.75. The number of nitro groups is 1. The first kappa shape index (κ1) is 15.0. The molecule has 6 nitrogen and oxygen atoms in total. The smallest absolute Gasteiger partial charge is 0.295 e. The molecular formula is C12H16FN3O3. The maximum Gasteiger partial charge on any atom is 0.295 e. The average molecular weight is 269 g/mol. The molecule has 0 spiro atoms. The van der Waals surface area contributed by atoms with Gasteiger partial charge in [-0.1, -0.05) is 13.8 Å². The van der Waals surface area contributed by atoms with E-state index in [1.807, 2.05) is 0 Å². The maximum atomic E-state index is 13.0. The van der Waals surface area contributed by atoms with Crippen LogP contribution in [0.5, 0.6) is 0 Å². The van der Waals surface area contributed by atoms with Crippen LogP contribution in [-0.2, 0) is 4.79 Å². The lowest BCUT2D eigenvalue weighted by molar-refractivity contribution is -0.384. The van der Waals surface area contributed by atoms with E-state index >= 15 is 0 Å². The van der Waals surface area contributed by atoms with Crippen molar-refractivity contribution in [2.75, 3.05) is 5.32 Å². The fourth-order valence-electron chi connectivity index (χ4n) is 1.58. The van der Waals surface area contributed by atoms with Crippen molar-refractivity contribution in [2.45, 2.75) is 32.2 Å². The standard InChI is InChI=1S/C12H16FN3O3/c1-3-12(14,4-2)11(17)15-9-6-5-8(13)7-10(9)16(18)19/h5-7H,3-4,14H2,1-2H3,(H,15,17). The number of benzene rings is 1. The Morgan fingerprint density at radius 1 is 1.47 bits per heavy atom. The van der Waals surface area contributed by atoms with E-state index in [2.05, 4.69) is 5.32 Å². The lowest BCUT2D eigenvalue weighted by Gasteiger charge is -2.25. The van der Waals surface area contributed by atoms with E-state index < -0.39 is 27.9 Å². The summed E-state index contributed by atoms with van der Waals surface area (Å²) in [5, 5.41) is 13.2. The summed E-state index contributed by atoms with van der Waals surface area (Å²) in [6.45, 7) is 3.50. The molecule has 104 valence electrons. The highest BCUT2D eigenvalue weighted by Crippen LogP contribution is 2.26. The molecule has 3 N–H and O–H groups in total. The van der Waals surface area contributed by atoms with Crippen molar-refractivity contribution in [3.8, 4) is 0 Å². The zero-order valence-corrected chi connectivity index (χ0v) is 10.8. The van der Waals surface area contributed by atoms with Gasteiger partial charge in [-0.25, -0.2) is 4.39 Å². The molecule has 0 aromatic heterocycles. The van der Waals surface area contributed by atoms with Crippen LogP contribution in [0.25, 0.3) is 0 Å². The number of nitrogens with one attached hydrogen (secondary N) is 1. The zero-order chi connectivity index (χ0) is 14.6. The van der Waals surface area contributed by atoms with Gasteiger partial charge in [-0.05, 0) is 25.0 Å². The Kier molecular flexibility index (Phi) is 4.55. The Balaban J connectivity index is 3.06. The summed E-state index contributed by atoms with van der Waals surface area (Å²) >= 11 is 0. The van der Waals surface area contributed by atoms with E-state index in [4.69, 9.17) is 5.73 Å². The van der Waals surface area contributed by atoms with Gasteiger partial charge in [-0.2, -0.15) is 0 Å². The fraction of sp³-hybridized carbons (Fsp3) is 0.417. The van der Waals surface area contributed by atoms with Crippen molar-refractivity contribution < 1.29 is 14.1 Å². The van der Waals surface area contributed by atoms with E-state index in [0.717, 1.165) is 18.2 Å². The molecule has 0 unspecified atom stereocenters. The maximum absolute atomic E-state index is 13.0. The van der Waals surface area contributed by atoms with Gasteiger partial charge in [0.05, 0.1) is 16.5 Å². The third-order valence-corrected chi connectivity index (χ3v) is 3.12. The minimum atomic E-state index is -1.09. The SMILES string of the molecule is CCC(N)(CC)C(=O)Nc1ccc(F)cc1[N+](=O)[O-]. The molecule has 0 atom stereocenters. The Bertz CT molecular complexity index is 501. The predicted octanol–water partition coefficient (Wildman–Crippen LogP) is 2.19. The van der Waals surface area contributed by atoms with Crippen LogP contribution < -0.4 is 11.1 Å². The first-order valence-electron chi connectivity index (χ1n) is 5.88. The highest BCUT2D eigenvalue weighted by atomic mass is 19.1. The lowest BCUT2D eigenvalue weighted by atomic mass is 9.93. The van der Waals surface area contributed by atoms with Crippen LogP contribution in [0.4, 0.5) is 15.8 Å². The number of hydrogen-bond donors (Lipinski definition) is 2.